The Balaban J connectivity index is 2.21. The maximum atomic E-state index is 13.0. The fourth-order valence-corrected chi connectivity index (χ4v) is 6.78. The summed E-state index contributed by atoms with van der Waals surface area (Å²) in [6.07, 6.45) is 9.05. The first kappa shape index (κ1) is 17.2. The van der Waals surface area contributed by atoms with Gasteiger partial charge in [0.2, 0.25) is 10.0 Å². The van der Waals surface area contributed by atoms with Crippen molar-refractivity contribution in [3.63, 3.8) is 0 Å². The van der Waals surface area contributed by atoms with Crippen molar-refractivity contribution >= 4 is 10.0 Å². The van der Waals surface area contributed by atoms with Crippen molar-refractivity contribution in [3.8, 4) is 0 Å². The molecule has 0 bridgehead atoms. The number of likely N-dealkylation sites (N-methyl/N-ethyl adjacent to an activating group) is 1. The van der Waals surface area contributed by atoms with Crippen molar-refractivity contribution in [2.24, 2.45) is 11.7 Å². The summed E-state index contributed by atoms with van der Waals surface area (Å²) in [4.78, 5) is 0. The molecule has 2 aliphatic rings. The average Bonchev–Trinajstić information content (AvgIpc) is 3.03. The maximum absolute atomic E-state index is 13.0. The Morgan fingerprint density at radius 1 is 1.10 bits per heavy atom. The lowest BCUT2D eigenvalue weighted by Gasteiger charge is -2.47. The summed E-state index contributed by atoms with van der Waals surface area (Å²) in [6.45, 7) is 5.22. The summed E-state index contributed by atoms with van der Waals surface area (Å²) < 4.78 is 27.9. The summed E-state index contributed by atoms with van der Waals surface area (Å²) in [5.74, 6) is 0.748. The van der Waals surface area contributed by atoms with Gasteiger partial charge >= 0.3 is 0 Å². The molecule has 5 heteroatoms. The Labute approximate surface area is 130 Å². The molecule has 2 rings (SSSR count). The fraction of sp³-hybridized carbons (Fsp3) is 1.00. The second-order valence-electron chi connectivity index (χ2n) is 6.90. The number of sulfonamides is 1. The Morgan fingerprint density at radius 2 is 1.67 bits per heavy atom. The van der Waals surface area contributed by atoms with Gasteiger partial charge in [-0.3, -0.25) is 0 Å². The number of rotatable bonds is 6. The van der Waals surface area contributed by atoms with E-state index >= 15 is 0 Å². The highest BCUT2D eigenvalue weighted by Gasteiger charge is 2.46. The normalized spacial score (nSPS) is 31.9. The molecule has 124 valence electrons. The molecule has 0 atom stereocenters. The van der Waals surface area contributed by atoms with Crippen LogP contribution in [0.25, 0.3) is 0 Å². The van der Waals surface area contributed by atoms with Crippen LogP contribution in [0.1, 0.15) is 71.6 Å². The van der Waals surface area contributed by atoms with Crippen LogP contribution in [0.5, 0.6) is 0 Å². The minimum absolute atomic E-state index is 0.162. The van der Waals surface area contributed by atoms with E-state index in [0.29, 0.717) is 13.1 Å². The van der Waals surface area contributed by atoms with Crippen LogP contribution in [0, 0.1) is 5.92 Å². The van der Waals surface area contributed by atoms with Gasteiger partial charge in [-0.05, 0) is 44.4 Å². The van der Waals surface area contributed by atoms with Crippen LogP contribution in [0.4, 0.5) is 0 Å². The molecule has 0 aromatic carbocycles. The van der Waals surface area contributed by atoms with Crippen molar-refractivity contribution in [1.82, 2.24) is 4.31 Å². The van der Waals surface area contributed by atoms with Crippen LogP contribution in [0.3, 0.4) is 0 Å². The molecule has 0 unspecified atom stereocenters. The molecule has 2 N–H and O–H groups in total. The van der Waals surface area contributed by atoms with Gasteiger partial charge in [-0.15, -0.1) is 0 Å². The molecule has 0 aliphatic heterocycles. The third-order valence-corrected chi connectivity index (χ3v) is 8.41. The molecule has 0 radical (unpaired) electrons. The van der Waals surface area contributed by atoms with Gasteiger partial charge < -0.3 is 5.73 Å². The molecule has 2 aliphatic carbocycles. The average molecular weight is 317 g/mol. The SMILES string of the molecule is CCC1CCC(CN)(N(CC)S(=O)(=O)C2CCCC2)CC1. The van der Waals surface area contributed by atoms with Crippen molar-refractivity contribution in [2.75, 3.05) is 13.1 Å². The van der Waals surface area contributed by atoms with Crippen LogP contribution in [-0.2, 0) is 10.0 Å². The van der Waals surface area contributed by atoms with Crippen LogP contribution in [0.2, 0.25) is 0 Å². The van der Waals surface area contributed by atoms with E-state index in [-0.39, 0.29) is 10.8 Å². The highest BCUT2D eigenvalue weighted by atomic mass is 32.2. The Kier molecular flexibility index (Phi) is 5.71. The molecule has 0 aromatic heterocycles. The van der Waals surface area contributed by atoms with Gasteiger partial charge in [-0.1, -0.05) is 33.1 Å². The molecule has 21 heavy (non-hydrogen) atoms. The largest absolute Gasteiger partial charge is 0.329 e. The smallest absolute Gasteiger partial charge is 0.217 e. The molecule has 0 spiro atoms. The monoisotopic (exact) mass is 316 g/mol. The van der Waals surface area contributed by atoms with E-state index in [9.17, 15) is 8.42 Å². The highest BCUT2D eigenvalue weighted by Crippen LogP contribution is 2.40. The van der Waals surface area contributed by atoms with E-state index in [1.165, 1.54) is 6.42 Å². The second-order valence-corrected chi connectivity index (χ2v) is 9.03. The molecule has 0 saturated heterocycles. The van der Waals surface area contributed by atoms with E-state index in [0.717, 1.165) is 57.3 Å². The van der Waals surface area contributed by atoms with Crippen molar-refractivity contribution in [2.45, 2.75) is 82.4 Å². The molecule has 0 amide bonds. The summed E-state index contributed by atoms with van der Waals surface area (Å²) in [5.41, 5.74) is 5.77. The Hall–Kier alpha value is -0.130. The molecule has 2 saturated carbocycles. The van der Waals surface area contributed by atoms with E-state index < -0.39 is 10.0 Å². The first-order valence-corrected chi connectivity index (χ1v) is 10.2. The maximum Gasteiger partial charge on any atom is 0.217 e. The van der Waals surface area contributed by atoms with Gasteiger partial charge in [0, 0.05) is 18.6 Å². The zero-order valence-electron chi connectivity index (χ0n) is 13.7. The van der Waals surface area contributed by atoms with Crippen molar-refractivity contribution in [3.05, 3.63) is 0 Å². The minimum Gasteiger partial charge on any atom is -0.329 e. The van der Waals surface area contributed by atoms with E-state index in [1.54, 1.807) is 4.31 Å². The summed E-state index contributed by atoms with van der Waals surface area (Å²) in [6, 6.07) is 0. The highest BCUT2D eigenvalue weighted by molar-refractivity contribution is 7.89. The zero-order chi connectivity index (χ0) is 15.5. The standard InChI is InChI=1S/C16H32N2O2S/c1-3-14-9-11-16(13-17,12-10-14)18(4-2)21(19,20)15-7-5-6-8-15/h14-15H,3-13,17H2,1-2H3. The molecule has 0 aromatic rings. The summed E-state index contributed by atoms with van der Waals surface area (Å²) >= 11 is 0. The number of hydrogen-bond donors (Lipinski definition) is 1. The Bertz CT molecular complexity index is 422. The van der Waals surface area contributed by atoms with E-state index in [2.05, 4.69) is 6.92 Å². The molecular formula is C16H32N2O2S. The lowest BCUT2D eigenvalue weighted by molar-refractivity contribution is 0.113. The van der Waals surface area contributed by atoms with Gasteiger partial charge in [-0.25, -0.2) is 8.42 Å². The summed E-state index contributed by atoms with van der Waals surface area (Å²) in [5, 5.41) is -0.162. The number of hydrogen-bond acceptors (Lipinski definition) is 3. The minimum atomic E-state index is -3.19. The van der Waals surface area contributed by atoms with Crippen LogP contribution < -0.4 is 5.73 Å². The number of nitrogens with two attached hydrogens (primary N) is 1. The number of nitrogens with zero attached hydrogens (tertiary/aromatic N) is 1. The van der Waals surface area contributed by atoms with Gasteiger partial charge in [0.05, 0.1) is 5.25 Å². The van der Waals surface area contributed by atoms with Crippen molar-refractivity contribution < 1.29 is 8.42 Å². The van der Waals surface area contributed by atoms with Gasteiger partial charge in [0.25, 0.3) is 0 Å². The molecule has 4 nitrogen and oxygen atoms in total. The lowest BCUT2D eigenvalue weighted by Crippen LogP contribution is -2.59. The van der Waals surface area contributed by atoms with E-state index in [1.807, 2.05) is 6.92 Å². The van der Waals surface area contributed by atoms with Crippen LogP contribution in [-0.4, -0.2) is 36.6 Å². The van der Waals surface area contributed by atoms with Crippen molar-refractivity contribution in [1.29, 1.82) is 0 Å². The molecule has 0 heterocycles. The van der Waals surface area contributed by atoms with Gasteiger partial charge in [0.1, 0.15) is 0 Å². The third kappa shape index (κ3) is 3.30. The van der Waals surface area contributed by atoms with Gasteiger partial charge in [0.15, 0.2) is 0 Å². The quantitative estimate of drug-likeness (QED) is 0.819. The third-order valence-electron chi connectivity index (χ3n) is 5.84. The predicted octanol–water partition coefficient (Wildman–Crippen LogP) is 2.88. The van der Waals surface area contributed by atoms with E-state index in [4.69, 9.17) is 5.73 Å². The van der Waals surface area contributed by atoms with Crippen LogP contribution >= 0.6 is 0 Å². The molecular weight excluding hydrogens is 284 g/mol. The topological polar surface area (TPSA) is 63.4 Å². The Morgan fingerprint density at radius 3 is 2.10 bits per heavy atom. The zero-order valence-corrected chi connectivity index (χ0v) is 14.5. The van der Waals surface area contributed by atoms with Gasteiger partial charge in [-0.2, -0.15) is 4.31 Å². The first-order chi connectivity index (χ1) is 10.00. The second kappa shape index (κ2) is 6.97. The lowest BCUT2D eigenvalue weighted by atomic mass is 9.75. The molecule has 2 fully saturated rings. The predicted molar refractivity (Wildman–Crippen MR) is 87.6 cm³/mol. The first-order valence-electron chi connectivity index (χ1n) is 8.72. The van der Waals surface area contributed by atoms with Crippen LogP contribution in [0.15, 0.2) is 0 Å². The summed E-state index contributed by atoms with van der Waals surface area (Å²) in [7, 11) is -3.19. The fourth-order valence-electron chi connectivity index (χ4n) is 4.33.